The molecule has 3 heterocycles. The van der Waals surface area contributed by atoms with Gasteiger partial charge in [0.2, 0.25) is 0 Å². The lowest BCUT2D eigenvalue weighted by molar-refractivity contribution is 0.0696. The van der Waals surface area contributed by atoms with Gasteiger partial charge in [0, 0.05) is 63.0 Å². The molecule has 1 N–H and O–H groups in total. The Morgan fingerprint density at radius 2 is 2.04 bits per heavy atom. The first-order chi connectivity index (χ1) is 12.8. The maximum absolute atomic E-state index is 12.4. The highest BCUT2D eigenvalue weighted by Crippen LogP contribution is 2.30. The molecular weight excluding hydrogens is 368 g/mol. The van der Waals surface area contributed by atoms with E-state index < -0.39 is 16.2 Å². The van der Waals surface area contributed by atoms with Gasteiger partial charge in [-0.1, -0.05) is 0 Å². The summed E-state index contributed by atoms with van der Waals surface area (Å²) in [6.07, 6.45) is 6.19. The third kappa shape index (κ3) is 4.15. The van der Waals surface area contributed by atoms with E-state index in [1.165, 1.54) is 28.9 Å². The van der Waals surface area contributed by atoms with Crippen molar-refractivity contribution in [2.45, 2.75) is 18.8 Å². The van der Waals surface area contributed by atoms with Crippen LogP contribution in [0.3, 0.4) is 0 Å². The maximum atomic E-state index is 12.4. The van der Waals surface area contributed by atoms with Crippen LogP contribution in [0.1, 0.15) is 34.8 Å². The molecule has 0 amide bonds. The number of carboxylic acids is 1. The molecule has 9 heteroatoms. The lowest BCUT2D eigenvalue weighted by Gasteiger charge is -2.33. The highest BCUT2D eigenvalue weighted by atomic mass is 32.2. The Balaban J connectivity index is 1.87. The summed E-state index contributed by atoms with van der Waals surface area (Å²) in [6, 6.07) is 5.25. The predicted molar refractivity (Wildman–Crippen MR) is 101 cm³/mol. The topological polar surface area (TPSA) is 104 Å². The Morgan fingerprint density at radius 3 is 2.74 bits per heavy atom. The first-order valence-corrected chi connectivity index (χ1v) is 10.0. The molecule has 2 aromatic rings. The van der Waals surface area contributed by atoms with Crippen molar-refractivity contribution in [3.63, 3.8) is 0 Å². The van der Waals surface area contributed by atoms with E-state index in [9.17, 15) is 13.2 Å². The van der Waals surface area contributed by atoms with Crippen molar-refractivity contribution in [2.24, 2.45) is 0 Å². The lowest BCUT2D eigenvalue weighted by Crippen LogP contribution is -2.45. The smallest absolute Gasteiger partial charge is 0.337 e. The molecular formula is C18H22N4O4S. The Morgan fingerprint density at radius 1 is 1.26 bits per heavy atom. The summed E-state index contributed by atoms with van der Waals surface area (Å²) in [4.78, 5) is 19.6. The molecule has 0 saturated carbocycles. The van der Waals surface area contributed by atoms with E-state index >= 15 is 0 Å². The van der Waals surface area contributed by atoms with E-state index in [1.807, 2.05) is 6.07 Å². The molecule has 1 atom stereocenters. The van der Waals surface area contributed by atoms with Crippen molar-refractivity contribution >= 4 is 16.2 Å². The van der Waals surface area contributed by atoms with Crippen LogP contribution in [0.5, 0.6) is 0 Å². The average Bonchev–Trinajstić information content (AvgIpc) is 2.68. The summed E-state index contributed by atoms with van der Waals surface area (Å²) < 4.78 is 27.6. The number of hydrogen-bond donors (Lipinski definition) is 1. The van der Waals surface area contributed by atoms with Crippen LogP contribution < -0.4 is 0 Å². The minimum absolute atomic E-state index is 0.0101. The number of aromatic carboxylic acids is 1. The molecule has 1 fully saturated rings. The zero-order chi connectivity index (χ0) is 19.6. The molecule has 1 aliphatic heterocycles. The molecule has 1 saturated heterocycles. The highest BCUT2D eigenvalue weighted by Gasteiger charge is 2.31. The van der Waals surface area contributed by atoms with Gasteiger partial charge in [0.05, 0.1) is 5.56 Å². The number of rotatable bonds is 5. The first kappa shape index (κ1) is 19.4. The average molecular weight is 390 g/mol. The second kappa shape index (κ2) is 7.71. The lowest BCUT2D eigenvalue weighted by atomic mass is 9.94. The van der Waals surface area contributed by atoms with Crippen molar-refractivity contribution in [2.75, 3.05) is 27.2 Å². The Bertz CT molecular complexity index is 946. The Kier molecular flexibility index (Phi) is 5.54. The second-order valence-corrected chi connectivity index (χ2v) is 8.87. The van der Waals surface area contributed by atoms with E-state index in [0.29, 0.717) is 18.7 Å². The minimum Gasteiger partial charge on any atom is -0.478 e. The van der Waals surface area contributed by atoms with Gasteiger partial charge in [0.1, 0.15) is 0 Å². The summed E-state index contributed by atoms with van der Waals surface area (Å²) >= 11 is 0. The van der Waals surface area contributed by atoms with Crippen molar-refractivity contribution < 1.29 is 18.3 Å². The maximum Gasteiger partial charge on any atom is 0.337 e. The Hall–Kier alpha value is -2.36. The highest BCUT2D eigenvalue weighted by molar-refractivity contribution is 7.86. The number of aromatic nitrogens is 2. The van der Waals surface area contributed by atoms with Gasteiger partial charge in [-0.2, -0.15) is 17.0 Å². The van der Waals surface area contributed by atoms with Crippen LogP contribution in [0.25, 0.3) is 11.1 Å². The number of carboxylic acid groups (broad SMARTS) is 1. The molecule has 3 rings (SSSR count). The van der Waals surface area contributed by atoms with Crippen LogP contribution in [-0.4, -0.2) is 65.3 Å². The number of piperidine rings is 1. The van der Waals surface area contributed by atoms with Crippen molar-refractivity contribution in [3.05, 3.63) is 48.0 Å². The molecule has 0 spiro atoms. The molecule has 1 aliphatic rings. The van der Waals surface area contributed by atoms with E-state index in [1.54, 1.807) is 24.5 Å². The van der Waals surface area contributed by atoms with Gasteiger partial charge in [-0.25, -0.2) is 4.79 Å². The fourth-order valence-corrected chi connectivity index (χ4v) is 4.38. The predicted octanol–water partition coefficient (Wildman–Crippen LogP) is 1.83. The summed E-state index contributed by atoms with van der Waals surface area (Å²) in [6.45, 7) is 0.881. The SMILES string of the molecule is CN(C)S(=O)(=O)N1CCC[C@H](c2cc(-c3cncc(C(=O)O)c3)ccn2)C1. The fourth-order valence-electron chi connectivity index (χ4n) is 3.19. The van der Waals surface area contributed by atoms with E-state index in [0.717, 1.165) is 24.1 Å². The minimum atomic E-state index is -3.45. The summed E-state index contributed by atoms with van der Waals surface area (Å²) in [7, 11) is -0.399. The van der Waals surface area contributed by atoms with Gasteiger partial charge in [0.15, 0.2) is 0 Å². The summed E-state index contributed by atoms with van der Waals surface area (Å²) in [5.41, 5.74) is 2.41. The van der Waals surface area contributed by atoms with Crippen LogP contribution in [0, 0.1) is 0 Å². The third-order valence-electron chi connectivity index (χ3n) is 4.69. The normalized spacial score (nSPS) is 18.6. The van der Waals surface area contributed by atoms with Crippen molar-refractivity contribution in [1.29, 1.82) is 0 Å². The van der Waals surface area contributed by atoms with Gasteiger partial charge < -0.3 is 5.11 Å². The standard InChI is InChI=1S/C18H22N4O4S/c1-21(2)27(25,26)22-7-3-4-14(12-22)17-9-13(5-6-20-17)15-8-16(18(23)24)11-19-10-15/h5-6,8-11,14H,3-4,7,12H2,1-2H3,(H,23,24)/t14-/m0/s1. The van der Waals surface area contributed by atoms with Crippen molar-refractivity contribution in [1.82, 2.24) is 18.6 Å². The van der Waals surface area contributed by atoms with Crippen LogP contribution in [-0.2, 0) is 10.2 Å². The number of pyridine rings is 2. The van der Waals surface area contributed by atoms with Gasteiger partial charge in [-0.15, -0.1) is 0 Å². The van der Waals surface area contributed by atoms with Crippen LogP contribution in [0.4, 0.5) is 0 Å². The van der Waals surface area contributed by atoms with E-state index in [-0.39, 0.29) is 11.5 Å². The molecule has 144 valence electrons. The molecule has 0 radical (unpaired) electrons. The zero-order valence-electron chi connectivity index (χ0n) is 15.2. The quantitative estimate of drug-likeness (QED) is 0.835. The molecule has 0 unspecified atom stereocenters. The Labute approximate surface area is 158 Å². The second-order valence-electron chi connectivity index (χ2n) is 6.72. The van der Waals surface area contributed by atoms with E-state index in [4.69, 9.17) is 5.11 Å². The largest absolute Gasteiger partial charge is 0.478 e. The number of nitrogens with zero attached hydrogens (tertiary/aromatic N) is 4. The zero-order valence-corrected chi connectivity index (χ0v) is 16.1. The summed E-state index contributed by atoms with van der Waals surface area (Å²) in [5.74, 6) is -1.04. The molecule has 0 aliphatic carbocycles. The van der Waals surface area contributed by atoms with Gasteiger partial charge >= 0.3 is 5.97 Å². The number of carbonyl (C=O) groups is 1. The molecule has 8 nitrogen and oxygen atoms in total. The van der Waals surface area contributed by atoms with Crippen LogP contribution in [0.15, 0.2) is 36.8 Å². The fraction of sp³-hybridized carbons (Fsp3) is 0.389. The molecule has 0 bridgehead atoms. The third-order valence-corrected chi connectivity index (χ3v) is 6.60. The molecule has 27 heavy (non-hydrogen) atoms. The van der Waals surface area contributed by atoms with Gasteiger partial charge in [-0.05, 0) is 36.6 Å². The van der Waals surface area contributed by atoms with Gasteiger partial charge in [-0.3, -0.25) is 9.97 Å². The van der Waals surface area contributed by atoms with Crippen molar-refractivity contribution in [3.8, 4) is 11.1 Å². The monoisotopic (exact) mass is 390 g/mol. The van der Waals surface area contributed by atoms with E-state index in [2.05, 4.69) is 9.97 Å². The molecule has 0 aromatic carbocycles. The molecule has 2 aromatic heterocycles. The number of hydrogen-bond acceptors (Lipinski definition) is 5. The first-order valence-electron chi connectivity index (χ1n) is 8.61. The van der Waals surface area contributed by atoms with Crippen LogP contribution >= 0.6 is 0 Å². The van der Waals surface area contributed by atoms with Gasteiger partial charge in [0.25, 0.3) is 10.2 Å². The summed E-state index contributed by atoms with van der Waals surface area (Å²) in [5, 5.41) is 9.15. The van der Waals surface area contributed by atoms with Crippen LogP contribution in [0.2, 0.25) is 0 Å².